The molecule has 0 saturated heterocycles. The molecular weight excluding hydrogens is 284 g/mol. The van der Waals surface area contributed by atoms with Gasteiger partial charge in [0.25, 0.3) is 5.91 Å². The number of anilines is 1. The normalized spacial score (nSPS) is 13.3. The minimum atomic E-state index is 0.0641. The van der Waals surface area contributed by atoms with Gasteiger partial charge < -0.3 is 10.2 Å². The molecule has 3 heteroatoms. The van der Waals surface area contributed by atoms with E-state index in [2.05, 4.69) is 37.4 Å². The Bertz CT molecular complexity index is 625. The van der Waals surface area contributed by atoms with Crippen LogP contribution in [0.1, 0.15) is 37.3 Å². The molecule has 0 heterocycles. The van der Waals surface area contributed by atoms with Crippen LogP contribution in [-0.4, -0.2) is 19.5 Å². The van der Waals surface area contributed by atoms with Crippen LogP contribution in [-0.2, 0) is 11.3 Å². The predicted molar refractivity (Wildman–Crippen MR) is 95.7 cm³/mol. The summed E-state index contributed by atoms with van der Waals surface area (Å²) in [6.07, 6.45) is 1.06. The summed E-state index contributed by atoms with van der Waals surface area (Å²) in [6.45, 7) is 5.67. The molecule has 2 N–H and O–H groups in total. The standard InChI is InChI=1S/C20H26N2O/c1-4-16(2)18-12-8-9-13-19(18)21-20(23)15-22(3)14-17-10-6-5-7-11-17/h5-13,16H,4,14-15H2,1-3H3,(H,21,23)/p+1/t16-/m0/s1. The molecule has 3 nitrogen and oxygen atoms in total. The van der Waals surface area contributed by atoms with Gasteiger partial charge in [-0.05, 0) is 24.0 Å². The van der Waals surface area contributed by atoms with Crippen molar-refractivity contribution in [2.24, 2.45) is 0 Å². The zero-order valence-electron chi connectivity index (χ0n) is 14.3. The molecule has 122 valence electrons. The summed E-state index contributed by atoms with van der Waals surface area (Å²) in [6, 6.07) is 18.4. The number of rotatable bonds is 7. The van der Waals surface area contributed by atoms with Crippen molar-refractivity contribution in [2.45, 2.75) is 32.7 Å². The second-order valence-corrected chi connectivity index (χ2v) is 6.24. The van der Waals surface area contributed by atoms with Crippen LogP contribution in [0, 0.1) is 0 Å². The average molecular weight is 311 g/mol. The third-order valence-electron chi connectivity index (χ3n) is 4.19. The van der Waals surface area contributed by atoms with Gasteiger partial charge in [-0.1, -0.05) is 62.4 Å². The van der Waals surface area contributed by atoms with Crippen LogP contribution in [0.4, 0.5) is 5.69 Å². The number of hydrogen-bond donors (Lipinski definition) is 2. The van der Waals surface area contributed by atoms with Crippen molar-refractivity contribution in [1.82, 2.24) is 0 Å². The molecule has 2 aromatic carbocycles. The van der Waals surface area contributed by atoms with Crippen LogP contribution in [0.3, 0.4) is 0 Å². The number of carbonyl (C=O) groups is 1. The van der Waals surface area contributed by atoms with Gasteiger partial charge in [-0.15, -0.1) is 0 Å². The number of nitrogens with one attached hydrogen (secondary N) is 2. The van der Waals surface area contributed by atoms with Crippen molar-refractivity contribution in [3.05, 3.63) is 65.7 Å². The highest BCUT2D eigenvalue weighted by Gasteiger charge is 2.14. The Morgan fingerprint density at radius 3 is 2.43 bits per heavy atom. The number of hydrogen-bond acceptors (Lipinski definition) is 1. The maximum atomic E-state index is 12.3. The van der Waals surface area contributed by atoms with Gasteiger partial charge in [0, 0.05) is 11.3 Å². The minimum Gasteiger partial charge on any atom is -0.326 e. The third-order valence-corrected chi connectivity index (χ3v) is 4.19. The Hall–Kier alpha value is -2.13. The first-order valence-corrected chi connectivity index (χ1v) is 8.34. The fourth-order valence-corrected chi connectivity index (χ4v) is 2.74. The average Bonchev–Trinajstić information content (AvgIpc) is 2.55. The van der Waals surface area contributed by atoms with E-state index in [4.69, 9.17) is 0 Å². The lowest BCUT2D eigenvalue weighted by molar-refractivity contribution is -0.885. The molecule has 1 amide bonds. The highest BCUT2D eigenvalue weighted by Crippen LogP contribution is 2.26. The number of amides is 1. The van der Waals surface area contributed by atoms with Gasteiger partial charge in [0.1, 0.15) is 6.54 Å². The van der Waals surface area contributed by atoms with Crippen molar-refractivity contribution in [3.63, 3.8) is 0 Å². The maximum Gasteiger partial charge on any atom is 0.279 e. The molecule has 0 radical (unpaired) electrons. The Balaban J connectivity index is 1.94. The first-order valence-electron chi connectivity index (χ1n) is 8.34. The molecule has 0 saturated carbocycles. The summed E-state index contributed by atoms with van der Waals surface area (Å²) in [5.74, 6) is 0.509. The quantitative estimate of drug-likeness (QED) is 0.810. The number of benzene rings is 2. The molecule has 0 aromatic heterocycles. The van der Waals surface area contributed by atoms with Crippen molar-refractivity contribution in [2.75, 3.05) is 18.9 Å². The van der Waals surface area contributed by atoms with Crippen LogP contribution < -0.4 is 10.2 Å². The Labute approximate surface area is 139 Å². The van der Waals surface area contributed by atoms with E-state index < -0.39 is 0 Å². The van der Waals surface area contributed by atoms with Gasteiger partial charge in [0.2, 0.25) is 0 Å². The SMILES string of the molecule is CC[C@H](C)c1ccccc1NC(=O)C[NH+](C)Cc1ccccc1. The number of para-hydroxylation sites is 1. The van der Waals surface area contributed by atoms with Crippen molar-refractivity contribution >= 4 is 11.6 Å². The van der Waals surface area contributed by atoms with E-state index in [1.807, 2.05) is 43.4 Å². The molecule has 0 spiro atoms. The predicted octanol–water partition coefficient (Wildman–Crippen LogP) is 2.85. The summed E-state index contributed by atoms with van der Waals surface area (Å²) >= 11 is 0. The van der Waals surface area contributed by atoms with Crippen LogP contribution >= 0.6 is 0 Å². The summed E-state index contributed by atoms with van der Waals surface area (Å²) in [7, 11) is 2.05. The largest absolute Gasteiger partial charge is 0.326 e. The van der Waals surface area contributed by atoms with Gasteiger partial charge in [-0.2, -0.15) is 0 Å². The molecule has 23 heavy (non-hydrogen) atoms. The second-order valence-electron chi connectivity index (χ2n) is 6.24. The molecule has 2 atom stereocenters. The molecule has 0 aliphatic heterocycles. The molecule has 0 aliphatic rings. The molecule has 1 unspecified atom stereocenters. The lowest BCUT2D eigenvalue weighted by Gasteiger charge is -2.17. The van der Waals surface area contributed by atoms with Crippen LogP contribution in [0.5, 0.6) is 0 Å². The number of likely N-dealkylation sites (N-methyl/N-ethyl adjacent to an activating group) is 1. The Morgan fingerprint density at radius 2 is 1.74 bits per heavy atom. The van der Waals surface area contributed by atoms with Crippen molar-refractivity contribution in [1.29, 1.82) is 0 Å². The summed E-state index contributed by atoms with van der Waals surface area (Å²) < 4.78 is 0. The van der Waals surface area contributed by atoms with E-state index >= 15 is 0 Å². The highest BCUT2D eigenvalue weighted by molar-refractivity contribution is 5.92. The van der Waals surface area contributed by atoms with Gasteiger partial charge in [-0.25, -0.2) is 0 Å². The van der Waals surface area contributed by atoms with E-state index in [-0.39, 0.29) is 5.91 Å². The highest BCUT2D eigenvalue weighted by atomic mass is 16.2. The summed E-state index contributed by atoms with van der Waals surface area (Å²) in [4.78, 5) is 13.5. The summed E-state index contributed by atoms with van der Waals surface area (Å²) in [5, 5.41) is 3.08. The van der Waals surface area contributed by atoms with Crippen LogP contribution in [0.15, 0.2) is 54.6 Å². The fourth-order valence-electron chi connectivity index (χ4n) is 2.74. The smallest absolute Gasteiger partial charge is 0.279 e. The summed E-state index contributed by atoms with van der Waals surface area (Å²) in [5.41, 5.74) is 3.40. The first kappa shape index (κ1) is 17.2. The molecule has 2 rings (SSSR count). The number of carbonyl (C=O) groups excluding carboxylic acids is 1. The maximum absolute atomic E-state index is 12.3. The molecular formula is C20H27N2O+. The zero-order valence-corrected chi connectivity index (χ0v) is 14.3. The van der Waals surface area contributed by atoms with Crippen LogP contribution in [0.25, 0.3) is 0 Å². The van der Waals surface area contributed by atoms with Gasteiger partial charge in [-0.3, -0.25) is 4.79 Å². The van der Waals surface area contributed by atoms with E-state index in [1.165, 1.54) is 16.0 Å². The molecule has 0 fully saturated rings. The zero-order chi connectivity index (χ0) is 16.7. The minimum absolute atomic E-state index is 0.0641. The topological polar surface area (TPSA) is 33.5 Å². The Morgan fingerprint density at radius 1 is 1.09 bits per heavy atom. The van der Waals surface area contributed by atoms with Gasteiger partial charge in [0.05, 0.1) is 7.05 Å². The second kappa shape index (κ2) is 8.49. The van der Waals surface area contributed by atoms with Crippen molar-refractivity contribution < 1.29 is 9.69 Å². The van der Waals surface area contributed by atoms with Crippen molar-refractivity contribution in [3.8, 4) is 0 Å². The van der Waals surface area contributed by atoms with E-state index in [1.54, 1.807) is 0 Å². The monoisotopic (exact) mass is 311 g/mol. The molecule has 0 aliphatic carbocycles. The van der Waals surface area contributed by atoms with Crippen LogP contribution in [0.2, 0.25) is 0 Å². The Kier molecular flexibility index (Phi) is 6.36. The van der Waals surface area contributed by atoms with Gasteiger partial charge >= 0.3 is 0 Å². The number of quaternary nitrogens is 1. The molecule has 0 bridgehead atoms. The van der Waals surface area contributed by atoms with E-state index in [0.29, 0.717) is 12.5 Å². The lowest BCUT2D eigenvalue weighted by atomic mass is 9.97. The first-order chi connectivity index (χ1) is 11.1. The lowest BCUT2D eigenvalue weighted by Crippen LogP contribution is -3.08. The van der Waals surface area contributed by atoms with Gasteiger partial charge in [0.15, 0.2) is 6.54 Å². The van der Waals surface area contributed by atoms with E-state index in [0.717, 1.165) is 18.7 Å². The third kappa shape index (κ3) is 5.22. The molecule has 2 aromatic rings. The van der Waals surface area contributed by atoms with E-state index in [9.17, 15) is 4.79 Å². The fraction of sp³-hybridized carbons (Fsp3) is 0.350.